The van der Waals surface area contributed by atoms with E-state index in [9.17, 15) is 0 Å². The van der Waals surface area contributed by atoms with Crippen molar-refractivity contribution in [2.75, 3.05) is 32.8 Å². The van der Waals surface area contributed by atoms with Crippen molar-refractivity contribution in [1.82, 2.24) is 4.90 Å². The number of nitrogens with two attached hydrogens (primary N) is 1. The van der Waals surface area contributed by atoms with Gasteiger partial charge in [0.15, 0.2) is 5.96 Å². The summed E-state index contributed by atoms with van der Waals surface area (Å²) in [5, 5.41) is 0. The smallest absolute Gasteiger partial charge is 0.191 e. The highest BCUT2D eigenvalue weighted by Gasteiger charge is 2.10. The van der Waals surface area contributed by atoms with Crippen molar-refractivity contribution in [3.8, 4) is 0 Å². The minimum absolute atomic E-state index is 0.740. The van der Waals surface area contributed by atoms with Gasteiger partial charge in [-0.1, -0.05) is 24.5 Å². The Morgan fingerprint density at radius 3 is 2.72 bits per heavy atom. The Bertz CT molecular complexity index is 304. The largest absolute Gasteiger partial charge is 0.377 e. The van der Waals surface area contributed by atoms with Crippen LogP contribution in [0.5, 0.6) is 0 Å². The third kappa shape index (κ3) is 4.33. The number of hydrogen-bond donors (Lipinski definition) is 1. The van der Waals surface area contributed by atoms with Crippen LogP contribution in [0.2, 0.25) is 0 Å². The lowest BCUT2D eigenvalue weighted by Crippen LogP contribution is -2.38. The SMILES string of the molecule is NC(=NCCC1=CCOCC1)N1CCCCCC1. The van der Waals surface area contributed by atoms with E-state index in [-0.39, 0.29) is 0 Å². The second kappa shape index (κ2) is 7.41. The fraction of sp³-hybridized carbons (Fsp3) is 0.786. The first-order valence-corrected chi connectivity index (χ1v) is 7.17. The Morgan fingerprint density at radius 2 is 2.06 bits per heavy atom. The zero-order chi connectivity index (χ0) is 12.6. The Morgan fingerprint density at radius 1 is 1.28 bits per heavy atom. The molecule has 2 heterocycles. The molecule has 0 bridgehead atoms. The van der Waals surface area contributed by atoms with Crippen molar-refractivity contribution in [1.29, 1.82) is 0 Å². The third-order valence-electron chi connectivity index (χ3n) is 3.69. The van der Waals surface area contributed by atoms with Gasteiger partial charge in [-0.05, 0) is 25.7 Å². The minimum atomic E-state index is 0.740. The van der Waals surface area contributed by atoms with Gasteiger partial charge < -0.3 is 15.4 Å². The molecule has 2 aliphatic heterocycles. The van der Waals surface area contributed by atoms with Gasteiger partial charge in [0.05, 0.1) is 13.2 Å². The molecule has 0 aromatic carbocycles. The van der Waals surface area contributed by atoms with Crippen LogP contribution in [0.1, 0.15) is 38.5 Å². The molecule has 0 aromatic rings. The van der Waals surface area contributed by atoms with E-state index in [2.05, 4.69) is 16.0 Å². The molecule has 0 radical (unpaired) electrons. The number of guanidine groups is 1. The van der Waals surface area contributed by atoms with Gasteiger partial charge in [0, 0.05) is 19.6 Å². The number of rotatable bonds is 3. The summed E-state index contributed by atoms with van der Waals surface area (Å²) >= 11 is 0. The molecule has 18 heavy (non-hydrogen) atoms. The number of ether oxygens (including phenoxy) is 1. The predicted molar refractivity (Wildman–Crippen MR) is 74.7 cm³/mol. The first-order chi connectivity index (χ1) is 8.86. The van der Waals surface area contributed by atoms with Crippen molar-refractivity contribution in [2.24, 2.45) is 10.7 Å². The highest BCUT2D eigenvalue weighted by Crippen LogP contribution is 2.12. The van der Waals surface area contributed by atoms with Gasteiger partial charge in [0.2, 0.25) is 0 Å². The predicted octanol–water partition coefficient (Wildman–Crippen LogP) is 1.91. The van der Waals surface area contributed by atoms with E-state index in [0.717, 1.165) is 51.6 Å². The third-order valence-corrected chi connectivity index (χ3v) is 3.69. The molecule has 0 aromatic heterocycles. The topological polar surface area (TPSA) is 50.9 Å². The molecular weight excluding hydrogens is 226 g/mol. The molecule has 102 valence electrons. The fourth-order valence-corrected chi connectivity index (χ4v) is 2.51. The summed E-state index contributed by atoms with van der Waals surface area (Å²) in [7, 11) is 0. The van der Waals surface area contributed by atoms with Crippen LogP contribution in [0.3, 0.4) is 0 Å². The fourth-order valence-electron chi connectivity index (χ4n) is 2.51. The Labute approximate surface area is 110 Å². The molecule has 0 spiro atoms. The van der Waals surface area contributed by atoms with E-state index in [1.165, 1.54) is 31.3 Å². The lowest BCUT2D eigenvalue weighted by molar-refractivity contribution is 0.153. The maximum Gasteiger partial charge on any atom is 0.191 e. The Kier molecular flexibility index (Phi) is 5.52. The molecule has 0 atom stereocenters. The van der Waals surface area contributed by atoms with Crippen LogP contribution < -0.4 is 5.73 Å². The first-order valence-electron chi connectivity index (χ1n) is 7.17. The highest BCUT2D eigenvalue weighted by molar-refractivity contribution is 5.78. The second-order valence-corrected chi connectivity index (χ2v) is 5.08. The second-order valence-electron chi connectivity index (χ2n) is 5.08. The summed E-state index contributed by atoms with van der Waals surface area (Å²) < 4.78 is 5.29. The summed E-state index contributed by atoms with van der Waals surface area (Å²) in [5.41, 5.74) is 7.53. The van der Waals surface area contributed by atoms with Crippen LogP contribution >= 0.6 is 0 Å². The molecule has 2 N–H and O–H groups in total. The first kappa shape index (κ1) is 13.4. The van der Waals surface area contributed by atoms with Gasteiger partial charge in [0.1, 0.15) is 0 Å². The van der Waals surface area contributed by atoms with E-state index in [1.807, 2.05) is 0 Å². The zero-order valence-electron chi connectivity index (χ0n) is 11.2. The normalized spacial score (nSPS) is 22.6. The van der Waals surface area contributed by atoms with Crippen molar-refractivity contribution in [2.45, 2.75) is 38.5 Å². The summed E-state index contributed by atoms with van der Waals surface area (Å²) in [6, 6.07) is 0. The number of hydrogen-bond acceptors (Lipinski definition) is 2. The summed E-state index contributed by atoms with van der Waals surface area (Å²) in [5.74, 6) is 0.740. The van der Waals surface area contributed by atoms with E-state index in [4.69, 9.17) is 10.5 Å². The average molecular weight is 251 g/mol. The maximum atomic E-state index is 6.07. The van der Waals surface area contributed by atoms with Crippen LogP contribution in [-0.2, 0) is 4.74 Å². The molecular formula is C14H25N3O. The quantitative estimate of drug-likeness (QED) is 0.473. The number of likely N-dealkylation sites (tertiary alicyclic amines) is 1. The van der Waals surface area contributed by atoms with Crippen LogP contribution in [0.15, 0.2) is 16.6 Å². The van der Waals surface area contributed by atoms with Crippen molar-refractivity contribution in [3.63, 3.8) is 0 Å². The Balaban J connectivity index is 1.75. The van der Waals surface area contributed by atoms with Crippen LogP contribution in [0.4, 0.5) is 0 Å². The lowest BCUT2D eigenvalue weighted by Gasteiger charge is -2.21. The molecule has 0 aliphatic carbocycles. The molecule has 1 fully saturated rings. The Hall–Kier alpha value is -1.03. The molecule has 4 nitrogen and oxygen atoms in total. The van der Waals surface area contributed by atoms with Gasteiger partial charge in [-0.2, -0.15) is 0 Å². The molecule has 0 unspecified atom stereocenters. The van der Waals surface area contributed by atoms with Gasteiger partial charge >= 0.3 is 0 Å². The van der Waals surface area contributed by atoms with Crippen molar-refractivity contribution >= 4 is 5.96 Å². The van der Waals surface area contributed by atoms with E-state index < -0.39 is 0 Å². The summed E-state index contributed by atoms with van der Waals surface area (Å²) in [6.07, 6.45) is 9.42. The maximum absolute atomic E-state index is 6.07. The van der Waals surface area contributed by atoms with Crippen molar-refractivity contribution < 1.29 is 4.74 Å². The van der Waals surface area contributed by atoms with E-state index in [1.54, 1.807) is 0 Å². The van der Waals surface area contributed by atoms with E-state index >= 15 is 0 Å². The lowest BCUT2D eigenvalue weighted by atomic mass is 10.1. The van der Waals surface area contributed by atoms with E-state index in [0.29, 0.717) is 0 Å². The summed E-state index contributed by atoms with van der Waals surface area (Å²) in [6.45, 7) is 4.59. The van der Waals surface area contributed by atoms with Crippen LogP contribution in [0.25, 0.3) is 0 Å². The standard InChI is InChI=1S/C14H25N3O/c15-14(17-9-3-1-2-4-10-17)16-8-5-13-6-11-18-12-7-13/h6H,1-5,7-12H2,(H2,15,16). The van der Waals surface area contributed by atoms with Crippen molar-refractivity contribution in [3.05, 3.63) is 11.6 Å². The molecule has 1 saturated heterocycles. The summed E-state index contributed by atoms with van der Waals surface area (Å²) in [4.78, 5) is 6.76. The monoisotopic (exact) mass is 251 g/mol. The van der Waals surface area contributed by atoms with Crippen LogP contribution in [0, 0.1) is 0 Å². The molecule has 2 rings (SSSR count). The highest BCUT2D eigenvalue weighted by atomic mass is 16.5. The average Bonchev–Trinajstić information content (AvgIpc) is 2.69. The van der Waals surface area contributed by atoms with Gasteiger partial charge in [-0.3, -0.25) is 4.99 Å². The number of aliphatic imine (C=N–C) groups is 1. The van der Waals surface area contributed by atoms with Gasteiger partial charge in [0.25, 0.3) is 0 Å². The van der Waals surface area contributed by atoms with Crippen LogP contribution in [-0.4, -0.2) is 43.7 Å². The molecule has 0 amide bonds. The molecule has 2 aliphatic rings. The molecule has 4 heteroatoms. The van der Waals surface area contributed by atoms with Gasteiger partial charge in [-0.15, -0.1) is 0 Å². The zero-order valence-corrected chi connectivity index (χ0v) is 11.2. The van der Waals surface area contributed by atoms with Gasteiger partial charge in [-0.25, -0.2) is 0 Å². The minimum Gasteiger partial charge on any atom is -0.377 e. The number of nitrogens with zero attached hydrogens (tertiary/aromatic N) is 2. The molecule has 0 saturated carbocycles.